The minimum atomic E-state index is -0.655. The summed E-state index contributed by atoms with van der Waals surface area (Å²) in [5.74, 6) is 1.00. The highest BCUT2D eigenvalue weighted by atomic mass is 16.6. The highest BCUT2D eigenvalue weighted by Gasteiger charge is 2.51. The van der Waals surface area contributed by atoms with Crippen LogP contribution in [0.1, 0.15) is 57.8 Å². The van der Waals surface area contributed by atoms with Gasteiger partial charge in [0.1, 0.15) is 11.3 Å². The summed E-state index contributed by atoms with van der Waals surface area (Å²) < 4.78 is 17.1. The van der Waals surface area contributed by atoms with E-state index < -0.39 is 18.5 Å². The van der Waals surface area contributed by atoms with E-state index in [1.54, 1.807) is 0 Å². The number of aliphatic hydroxyl groups is 3. The number of piperidine rings is 1. The van der Waals surface area contributed by atoms with E-state index in [1.807, 2.05) is 0 Å². The average molecular weight is 476 g/mol. The van der Waals surface area contributed by atoms with Gasteiger partial charge < -0.3 is 29.5 Å². The molecule has 5 unspecified atom stereocenters. The van der Waals surface area contributed by atoms with Gasteiger partial charge in [-0.15, -0.1) is 0 Å². The Morgan fingerprint density at radius 3 is 2.65 bits per heavy atom. The summed E-state index contributed by atoms with van der Waals surface area (Å²) in [7, 11) is 1.42. The van der Waals surface area contributed by atoms with Gasteiger partial charge in [-0.05, 0) is 37.7 Å². The van der Waals surface area contributed by atoms with E-state index in [2.05, 4.69) is 11.0 Å². The van der Waals surface area contributed by atoms with Crippen LogP contribution in [0.15, 0.2) is 34.7 Å². The smallest absolute Gasteiger partial charge is 0.345 e. The molecule has 5 rings (SSSR count). The number of carbonyl (C=O) groups is 1. The van der Waals surface area contributed by atoms with Crippen LogP contribution in [0.25, 0.3) is 0 Å². The van der Waals surface area contributed by atoms with Gasteiger partial charge in [0, 0.05) is 24.5 Å². The van der Waals surface area contributed by atoms with Gasteiger partial charge >= 0.3 is 5.97 Å². The Morgan fingerprint density at radius 2 is 1.94 bits per heavy atom. The topological polar surface area (TPSA) is 109 Å². The quantitative estimate of drug-likeness (QED) is 0.503. The minimum Gasteiger partial charge on any atom is -0.492 e. The molecular formula is C26H37NO7. The van der Waals surface area contributed by atoms with Crippen LogP contribution in [0, 0.1) is 17.8 Å². The monoisotopic (exact) mass is 475 g/mol. The predicted molar refractivity (Wildman–Crippen MR) is 123 cm³/mol. The summed E-state index contributed by atoms with van der Waals surface area (Å²) in [5, 5.41) is 31.3. The number of esters is 1. The van der Waals surface area contributed by atoms with Crippen LogP contribution in [-0.2, 0) is 19.0 Å². The Hall–Kier alpha value is -1.87. The largest absolute Gasteiger partial charge is 0.492 e. The minimum absolute atomic E-state index is 0.0563. The van der Waals surface area contributed by atoms with E-state index in [1.165, 1.54) is 32.8 Å². The Kier molecular flexibility index (Phi) is 7.02. The molecule has 0 amide bonds. The van der Waals surface area contributed by atoms with Gasteiger partial charge in [0.25, 0.3) is 0 Å². The van der Waals surface area contributed by atoms with Crippen LogP contribution in [-0.4, -0.2) is 71.2 Å². The molecule has 3 N–H and O–H groups in total. The first-order valence-corrected chi connectivity index (χ1v) is 12.8. The number of nitrogens with zero attached hydrogens (tertiary/aromatic N) is 1. The van der Waals surface area contributed by atoms with Crippen molar-refractivity contribution in [2.45, 2.75) is 76.0 Å². The predicted octanol–water partition coefficient (Wildman–Crippen LogP) is 2.35. The molecule has 8 nitrogen and oxygen atoms in total. The second-order valence-electron chi connectivity index (χ2n) is 10.3. The molecule has 0 aromatic heterocycles. The van der Waals surface area contributed by atoms with Crippen molar-refractivity contribution in [3.63, 3.8) is 0 Å². The van der Waals surface area contributed by atoms with Crippen molar-refractivity contribution in [3.8, 4) is 0 Å². The zero-order chi connectivity index (χ0) is 23.8. The second kappa shape index (κ2) is 10.0. The molecule has 3 fully saturated rings. The molecule has 1 aliphatic carbocycles. The normalized spacial score (nSPS) is 35.4. The van der Waals surface area contributed by atoms with Crippen molar-refractivity contribution in [2.24, 2.45) is 17.8 Å². The lowest BCUT2D eigenvalue weighted by Crippen LogP contribution is -2.55. The molecule has 5 atom stereocenters. The number of aliphatic hydroxyl groups excluding tert-OH is 3. The molecule has 4 heterocycles. The summed E-state index contributed by atoms with van der Waals surface area (Å²) in [6.07, 6.45) is 11.4. The Balaban J connectivity index is 1.44. The fraction of sp³-hybridized carbons (Fsp3) is 0.731. The molecule has 1 saturated carbocycles. The molecule has 8 heteroatoms. The number of cyclic esters (lactones) is 1. The fourth-order valence-electron chi connectivity index (χ4n) is 6.97. The van der Waals surface area contributed by atoms with Crippen molar-refractivity contribution in [1.82, 2.24) is 4.90 Å². The first-order chi connectivity index (χ1) is 16.6. The fourth-order valence-corrected chi connectivity index (χ4v) is 6.97. The number of fused-ring (bicyclic) bond motifs is 3. The summed E-state index contributed by atoms with van der Waals surface area (Å²) >= 11 is 0. The number of rotatable bonds is 6. The molecule has 0 aromatic rings. The van der Waals surface area contributed by atoms with Crippen molar-refractivity contribution >= 4 is 5.97 Å². The molecule has 188 valence electrons. The van der Waals surface area contributed by atoms with Crippen molar-refractivity contribution in [1.29, 1.82) is 0 Å². The van der Waals surface area contributed by atoms with E-state index in [0.29, 0.717) is 11.7 Å². The molecule has 2 saturated heterocycles. The number of carbonyl (C=O) groups excluding carboxylic acids is 1. The van der Waals surface area contributed by atoms with Crippen molar-refractivity contribution in [2.75, 3.05) is 26.9 Å². The van der Waals surface area contributed by atoms with E-state index in [9.17, 15) is 20.1 Å². The van der Waals surface area contributed by atoms with Gasteiger partial charge in [-0.25, -0.2) is 4.79 Å². The number of hydrogen-bond acceptors (Lipinski definition) is 8. The van der Waals surface area contributed by atoms with Crippen LogP contribution in [0.2, 0.25) is 0 Å². The summed E-state index contributed by atoms with van der Waals surface area (Å²) in [4.78, 5) is 14.7. The van der Waals surface area contributed by atoms with Crippen LogP contribution >= 0.6 is 0 Å². The maximum Gasteiger partial charge on any atom is 0.345 e. The Bertz CT molecular complexity index is 888. The van der Waals surface area contributed by atoms with E-state index in [0.717, 1.165) is 44.4 Å². The number of ether oxygens (including phenoxy) is 3. The third-order valence-corrected chi connectivity index (χ3v) is 8.52. The first kappa shape index (κ1) is 23.9. The van der Waals surface area contributed by atoms with Gasteiger partial charge in [-0.1, -0.05) is 32.1 Å². The summed E-state index contributed by atoms with van der Waals surface area (Å²) in [6.45, 7) is 0.201. The number of methoxy groups -OCH3 is 1. The zero-order valence-electron chi connectivity index (χ0n) is 19.9. The second-order valence-corrected chi connectivity index (χ2v) is 10.3. The van der Waals surface area contributed by atoms with Crippen molar-refractivity contribution < 1.29 is 34.3 Å². The Morgan fingerprint density at radius 1 is 1.15 bits per heavy atom. The summed E-state index contributed by atoms with van der Waals surface area (Å²) in [5.41, 5.74) is 0.0563. The highest BCUT2D eigenvalue weighted by Crippen LogP contribution is 2.49. The zero-order valence-corrected chi connectivity index (χ0v) is 19.9. The SMILES string of the molecule is COC1=C(CO)C(=O)OC1=C1OC2=CCCN3C(C(O)CC4CCCC4)CCCC3C2C1CO. The highest BCUT2D eigenvalue weighted by molar-refractivity contribution is 5.94. The molecular weight excluding hydrogens is 438 g/mol. The van der Waals surface area contributed by atoms with Gasteiger partial charge in [0.05, 0.1) is 32.3 Å². The molecule has 5 aliphatic rings. The summed E-state index contributed by atoms with van der Waals surface area (Å²) in [6, 6.07) is 0.244. The van der Waals surface area contributed by atoms with Crippen LogP contribution in [0.3, 0.4) is 0 Å². The standard InChI is InChI=1S/C26H37NO7/c1-32-23-17(14-29)26(31)34-25(23)24-16(13-28)22-19-9-4-8-18(20(30)12-15-6-2-3-7-15)27(19)11-5-10-21(22)33-24/h10,15-16,18-20,22,28-30H,2-9,11-14H2,1H3. The van der Waals surface area contributed by atoms with E-state index in [4.69, 9.17) is 14.2 Å². The molecule has 0 aromatic carbocycles. The Labute approximate surface area is 200 Å². The van der Waals surface area contributed by atoms with Gasteiger partial charge in [0.2, 0.25) is 5.76 Å². The third-order valence-electron chi connectivity index (χ3n) is 8.52. The molecule has 0 radical (unpaired) electrons. The number of hydrogen-bond donors (Lipinski definition) is 3. The molecule has 34 heavy (non-hydrogen) atoms. The van der Waals surface area contributed by atoms with Gasteiger partial charge in [0.15, 0.2) is 11.5 Å². The van der Waals surface area contributed by atoms with Crippen LogP contribution in [0.4, 0.5) is 0 Å². The third kappa shape index (κ3) is 4.08. The lowest BCUT2D eigenvalue weighted by Gasteiger charge is -2.46. The van der Waals surface area contributed by atoms with Crippen LogP contribution in [0.5, 0.6) is 0 Å². The van der Waals surface area contributed by atoms with E-state index >= 15 is 0 Å². The maximum atomic E-state index is 12.3. The van der Waals surface area contributed by atoms with Crippen molar-refractivity contribution in [3.05, 3.63) is 34.7 Å². The van der Waals surface area contributed by atoms with Crippen LogP contribution < -0.4 is 0 Å². The molecule has 0 spiro atoms. The average Bonchev–Trinajstić information content (AvgIpc) is 3.53. The maximum absolute atomic E-state index is 12.3. The van der Waals surface area contributed by atoms with Gasteiger partial charge in [-0.2, -0.15) is 0 Å². The lowest BCUT2D eigenvalue weighted by molar-refractivity contribution is -0.134. The molecule has 0 bridgehead atoms. The molecule has 4 aliphatic heterocycles. The lowest BCUT2D eigenvalue weighted by atomic mass is 9.78. The first-order valence-electron chi connectivity index (χ1n) is 12.8. The van der Waals surface area contributed by atoms with Gasteiger partial charge in [-0.3, -0.25) is 4.90 Å². The van der Waals surface area contributed by atoms with E-state index in [-0.39, 0.29) is 47.8 Å².